The average Bonchev–Trinajstić information content (AvgIpc) is 2.86. The second-order valence-electron chi connectivity index (χ2n) is 7.54. The number of hydrogen-bond acceptors (Lipinski definition) is 5. The Morgan fingerprint density at radius 2 is 1.71 bits per heavy atom. The zero-order valence-corrected chi connectivity index (χ0v) is 20.1. The van der Waals surface area contributed by atoms with Crippen LogP contribution in [0.15, 0.2) is 71.8 Å². The molecule has 0 fully saturated rings. The summed E-state index contributed by atoms with van der Waals surface area (Å²) in [7, 11) is 0. The SMILES string of the molecule is CCc1ccc(NC(=O)C(=O)N/N=C\c2ccccc2OCC(=O)Nc2cc(Cl)ccc2C)cc1. The second kappa shape index (κ2) is 12.3. The highest BCUT2D eigenvalue weighted by Gasteiger charge is 2.13. The zero-order valence-electron chi connectivity index (χ0n) is 19.3. The molecule has 0 aliphatic carbocycles. The summed E-state index contributed by atoms with van der Waals surface area (Å²) in [6, 6.07) is 19.3. The second-order valence-corrected chi connectivity index (χ2v) is 7.97. The molecule has 8 nitrogen and oxygen atoms in total. The van der Waals surface area contributed by atoms with Crippen molar-refractivity contribution >= 4 is 46.9 Å². The summed E-state index contributed by atoms with van der Waals surface area (Å²) in [6.07, 6.45) is 2.20. The summed E-state index contributed by atoms with van der Waals surface area (Å²) in [5.41, 5.74) is 5.79. The molecule has 3 rings (SSSR count). The van der Waals surface area contributed by atoms with Crippen molar-refractivity contribution in [3.05, 3.63) is 88.4 Å². The number of nitrogens with one attached hydrogen (secondary N) is 3. The van der Waals surface area contributed by atoms with Crippen molar-refractivity contribution in [2.45, 2.75) is 20.3 Å². The third-order valence-corrected chi connectivity index (χ3v) is 5.18. The first-order chi connectivity index (χ1) is 16.9. The topological polar surface area (TPSA) is 109 Å². The Balaban J connectivity index is 1.53. The largest absolute Gasteiger partial charge is 0.483 e. The number of ether oxygens (including phenoxy) is 1. The molecule has 3 amide bonds. The molecule has 0 bridgehead atoms. The van der Waals surface area contributed by atoms with E-state index in [4.69, 9.17) is 16.3 Å². The van der Waals surface area contributed by atoms with Gasteiger partial charge in [-0.2, -0.15) is 5.10 Å². The van der Waals surface area contributed by atoms with Crippen molar-refractivity contribution in [1.29, 1.82) is 0 Å². The van der Waals surface area contributed by atoms with Crippen LogP contribution in [-0.4, -0.2) is 30.5 Å². The van der Waals surface area contributed by atoms with Gasteiger partial charge in [-0.3, -0.25) is 14.4 Å². The summed E-state index contributed by atoms with van der Waals surface area (Å²) in [6.45, 7) is 3.64. The quantitative estimate of drug-likeness (QED) is 0.247. The highest BCUT2D eigenvalue weighted by molar-refractivity contribution is 6.39. The first-order valence-electron chi connectivity index (χ1n) is 10.9. The van der Waals surface area contributed by atoms with Crippen LogP contribution in [-0.2, 0) is 20.8 Å². The molecule has 0 aliphatic heterocycles. The van der Waals surface area contributed by atoms with E-state index >= 15 is 0 Å². The predicted molar refractivity (Wildman–Crippen MR) is 137 cm³/mol. The van der Waals surface area contributed by atoms with Gasteiger partial charge in [0.1, 0.15) is 5.75 Å². The fraction of sp³-hybridized carbons (Fsp3) is 0.154. The molecule has 0 saturated heterocycles. The Bertz CT molecular complexity index is 1240. The number of nitrogens with zero attached hydrogens (tertiary/aromatic N) is 1. The number of hydrazone groups is 1. The van der Waals surface area contributed by atoms with Crippen molar-refractivity contribution in [3.8, 4) is 5.75 Å². The van der Waals surface area contributed by atoms with Crippen molar-refractivity contribution in [2.24, 2.45) is 5.10 Å². The molecule has 9 heteroatoms. The third kappa shape index (κ3) is 7.68. The smallest absolute Gasteiger partial charge is 0.329 e. The van der Waals surface area contributed by atoms with Crippen LogP contribution in [0.1, 0.15) is 23.6 Å². The van der Waals surface area contributed by atoms with E-state index in [2.05, 4.69) is 21.2 Å². The lowest BCUT2D eigenvalue weighted by Gasteiger charge is -2.11. The molecule has 0 atom stereocenters. The third-order valence-electron chi connectivity index (χ3n) is 4.95. The maximum absolute atomic E-state index is 12.3. The van der Waals surface area contributed by atoms with Gasteiger partial charge in [0.15, 0.2) is 6.61 Å². The molecule has 180 valence electrons. The van der Waals surface area contributed by atoms with E-state index in [0.29, 0.717) is 27.7 Å². The molecule has 0 aromatic heterocycles. The van der Waals surface area contributed by atoms with Gasteiger partial charge >= 0.3 is 11.8 Å². The van der Waals surface area contributed by atoms with E-state index in [1.807, 2.05) is 26.0 Å². The van der Waals surface area contributed by atoms with Crippen LogP contribution in [0.3, 0.4) is 0 Å². The number of para-hydroxylation sites is 1. The number of hydrogen-bond donors (Lipinski definition) is 3. The van der Waals surface area contributed by atoms with Crippen molar-refractivity contribution in [2.75, 3.05) is 17.2 Å². The average molecular weight is 493 g/mol. The van der Waals surface area contributed by atoms with Gasteiger partial charge in [-0.1, -0.05) is 48.9 Å². The highest BCUT2D eigenvalue weighted by atomic mass is 35.5. The summed E-state index contributed by atoms with van der Waals surface area (Å²) >= 11 is 5.98. The van der Waals surface area contributed by atoms with Crippen molar-refractivity contribution in [3.63, 3.8) is 0 Å². The number of halogens is 1. The number of aryl methyl sites for hydroxylation is 2. The van der Waals surface area contributed by atoms with E-state index in [9.17, 15) is 14.4 Å². The first kappa shape index (κ1) is 25.5. The van der Waals surface area contributed by atoms with Crippen LogP contribution >= 0.6 is 11.6 Å². The first-order valence-corrected chi connectivity index (χ1v) is 11.2. The predicted octanol–water partition coefficient (Wildman–Crippen LogP) is 4.32. The number of carbonyl (C=O) groups is 3. The van der Waals surface area contributed by atoms with Crippen LogP contribution in [0.4, 0.5) is 11.4 Å². The molecule has 3 aromatic carbocycles. The Morgan fingerprint density at radius 1 is 0.971 bits per heavy atom. The van der Waals surface area contributed by atoms with Gasteiger partial charge < -0.3 is 15.4 Å². The maximum Gasteiger partial charge on any atom is 0.329 e. The molecule has 3 N–H and O–H groups in total. The van der Waals surface area contributed by atoms with E-state index in [0.717, 1.165) is 17.5 Å². The molecule has 0 heterocycles. The number of benzene rings is 3. The Kier molecular flexibility index (Phi) is 8.97. The normalized spacial score (nSPS) is 10.6. The molecule has 3 aromatic rings. The van der Waals surface area contributed by atoms with Gasteiger partial charge in [-0.05, 0) is 60.9 Å². The van der Waals surface area contributed by atoms with Crippen LogP contribution in [0.25, 0.3) is 0 Å². The molecule has 0 aliphatic rings. The standard InChI is InChI=1S/C26H25ClN4O4/c1-3-18-9-12-21(13-10-18)29-25(33)26(34)31-28-15-19-6-4-5-7-23(19)35-16-24(32)30-22-14-20(27)11-8-17(22)2/h4-15H,3,16H2,1-2H3,(H,29,33)(H,30,32)(H,31,34)/b28-15-. The summed E-state index contributed by atoms with van der Waals surface area (Å²) in [4.78, 5) is 36.4. The highest BCUT2D eigenvalue weighted by Crippen LogP contribution is 2.20. The minimum absolute atomic E-state index is 0.248. The van der Waals surface area contributed by atoms with E-state index < -0.39 is 11.8 Å². The van der Waals surface area contributed by atoms with Gasteiger partial charge in [-0.15, -0.1) is 0 Å². The van der Waals surface area contributed by atoms with Crippen LogP contribution in [0, 0.1) is 6.92 Å². The van der Waals surface area contributed by atoms with Crippen molar-refractivity contribution in [1.82, 2.24) is 5.43 Å². The summed E-state index contributed by atoms with van der Waals surface area (Å²) in [5, 5.41) is 9.61. The van der Waals surface area contributed by atoms with Gasteiger partial charge in [-0.25, -0.2) is 5.43 Å². The lowest BCUT2D eigenvalue weighted by Crippen LogP contribution is -2.32. The van der Waals surface area contributed by atoms with Crippen molar-refractivity contribution < 1.29 is 19.1 Å². The van der Waals surface area contributed by atoms with Gasteiger partial charge in [0.05, 0.1) is 6.21 Å². The lowest BCUT2D eigenvalue weighted by atomic mass is 10.1. The van der Waals surface area contributed by atoms with E-state index in [1.54, 1.807) is 54.6 Å². The monoisotopic (exact) mass is 492 g/mol. The number of amides is 3. The van der Waals surface area contributed by atoms with Gasteiger partial charge in [0, 0.05) is 22.0 Å². The van der Waals surface area contributed by atoms with Crippen LogP contribution in [0.2, 0.25) is 5.02 Å². The fourth-order valence-electron chi connectivity index (χ4n) is 3.00. The molecule has 35 heavy (non-hydrogen) atoms. The zero-order chi connectivity index (χ0) is 25.2. The Labute approximate surface area is 208 Å². The Hall–Kier alpha value is -4.17. The maximum atomic E-state index is 12.3. The molecule has 0 radical (unpaired) electrons. The molecular formula is C26H25ClN4O4. The number of rotatable bonds is 8. The fourth-order valence-corrected chi connectivity index (χ4v) is 3.17. The minimum Gasteiger partial charge on any atom is -0.483 e. The van der Waals surface area contributed by atoms with Crippen LogP contribution in [0.5, 0.6) is 5.75 Å². The molecule has 0 spiro atoms. The number of anilines is 2. The molecular weight excluding hydrogens is 468 g/mol. The summed E-state index contributed by atoms with van der Waals surface area (Å²) < 4.78 is 5.62. The van der Waals surface area contributed by atoms with Crippen LogP contribution < -0.4 is 20.8 Å². The number of carbonyl (C=O) groups excluding carboxylic acids is 3. The minimum atomic E-state index is -0.921. The van der Waals surface area contributed by atoms with E-state index in [1.165, 1.54) is 6.21 Å². The Morgan fingerprint density at radius 3 is 2.46 bits per heavy atom. The summed E-state index contributed by atoms with van der Waals surface area (Å²) in [5.74, 6) is -1.75. The van der Waals surface area contributed by atoms with E-state index in [-0.39, 0.29) is 12.5 Å². The van der Waals surface area contributed by atoms with Gasteiger partial charge in [0.25, 0.3) is 5.91 Å². The van der Waals surface area contributed by atoms with Gasteiger partial charge in [0.2, 0.25) is 0 Å². The lowest BCUT2D eigenvalue weighted by molar-refractivity contribution is -0.136. The molecule has 0 unspecified atom stereocenters. The molecule has 0 saturated carbocycles.